The third kappa shape index (κ3) is 3.83. The van der Waals surface area contributed by atoms with Crippen LogP contribution in [0.3, 0.4) is 0 Å². The van der Waals surface area contributed by atoms with E-state index in [2.05, 4.69) is 0 Å². The second-order valence-corrected chi connectivity index (χ2v) is 4.05. The van der Waals surface area contributed by atoms with E-state index in [-0.39, 0.29) is 24.1 Å². The van der Waals surface area contributed by atoms with Crippen molar-refractivity contribution < 1.29 is 19.1 Å². The van der Waals surface area contributed by atoms with Gasteiger partial charge in [-0.1, -0.05) is 13.8 Å². The van der Waals surface area contributed by atoms with Gasteiger partial charge in [-0.05, 0) is 25.7 Å². The Morgan fingerprint density at radius 1 is 0.938 bits per heavy atom. The maximum absolute atomic E-state index is 11.2. The van der Waals surface area contributed by atoms with Gasteiger partial charge in [-0.15, -0.1) is 0 Å². The van der Waals surface area contributed by atoms with Gasteiger partial charge in [0, 0.05) is 12.8 Å². The van der Waals surface area contributed by atoms with Crippen LogP contribution in [-0.2, 0) is 19.1 Å². The first kappa shape index (κ1) is 13.0. The standard InChI is InChI=1S/C12H20O4/c1-3-11(13)15-9-7-5-6-8-10(9)16-12(14)4-2/h9-10H,3-8H2,1-2H3/t9-,10-/m0/s1. The van der Waals surface area contributed by atoms with E-state index in [4.69, 9.17) is 9.47 Å². The molecule has 1 aliphatic carbocycles. The van der Waals surface area contributed by atoms with Gasteiger partial charge in [0.25, 0.3) is 0 Å². The Balaban J connectivity index is 2.49. The van der Waals surface area contributed by atoms with Crippen LogP contribution in [0.5, 0.6) is 0 Å². The molecular weight excluding hydrogens is 208 g/mol. The Kier molecular flexibility index (Phi) is 5.29. The minimum absolute atomic E-state index is 0.218. The maximum atomic E-state index is 11.2. The molecule has 16 heavy (non-hydrogen) atoms. The number of carbonyl (C=O) groups is 2. The van der Waals surface area contributed by atoms with Gasteiger partial charge < -0.3 is 9.47 Å². The molecule has 1 aliphatic rings. The fourth-order valence-electron chi connectivity index (χ4n) is 1.84. The lowest BCUT2D eigenvalue weighted by Gasteiger charge is -2.30. The quantitative estimate of drug-likeness (QED) is 0.692. The highest BCUT2D eigenvalue weighted by Gasteiger charge is 2.30. The minimum Gasteiger partial charge on any atom is -0.458 e. The summed E-state index contributed by atoms with van der Waals surface area (Å²) < 4.78 is 10.6. The first-order chi connectivity index (χ1) is 7.67. The number of ether oxygens (including phenoxy) is 2. The Bertz CT molecular complexity index is 223. The van der Waals surface area contributed by atoms with Gasteiger partial charge in [0.1, 0.15) is 12.2 Å². The van der Waals surface area contributed by atoms with Crippen LogP contribution in [0.15, 0.2) is 0 Å². The zero-order chi connectivity index (χ0) is 12.0. The summed E-state index contributed by atoms with van der Waals surface area (Å²) in [6.07, 6.45) is 3.91. The summed E-state index contributed by atoms with van der Waals surface area (Å²) in [6.45, 7) is 3.52. The van der Waals surface area contributed by atoms with Gasteiger partial charge in [-0.3, -0.25) is 9.59 Å². The first-order valence-electron chi connectivity index (χ1n) is 6.06. The molecule has 2 atom stereocenters. The lowest BCUT2D eigenvalue weighted by atomic mass is 9.94. The normalized spacial score (nSPS) is 24.9. The number of rotatable bonds is 4. The molecule has 0 heterocycles. The average Bonchev–Trinajstić information content (AvgIpc) is 2.31. The summed E-state index contributed by atoms with van der Waals surface area (Å²) >= 11 is 0. The minimum atomic E-state index is -0.239. The predicted octanol–water partition coefficient (Wildman–Crippen LogP) is 2.20. The Morgan fingerprint density at radius 2 is 1.31 bits per heavy atom. The lowest BCUT2D eigenvalue weighted by Crippen LogP contribution is -2.37. The van der Waals surface area contributed by atoms with E-state index < -0.39 is 0 Å². The maximum Gasteiger partial charge on any atom is 0.305 e. The molecule has 1 saturated carbocycles. The summed E-state index contributed by atoms with van der Waals surface area (Å²) in [4.78, 5) is 22.4. The van der Waals surface area contributed by atoms with Crippen LogP contribution in [-0.4, -0.2) is 24.1 Å². The SMILES string of the molecule is CCC(=O)O[C@H]1CCCC[C@@H]1OC(=O)CC. The highest BCUT2D eigenvalue weighted by Crippen LogP contribution is 2.24. The van der Waals surface area contributed by atoms with Crippen LogP contribution in [0.1, 0.15) is 52.4 Å². The topological polar surface area (TPSA) is 52.6 Å². The molecular formula is C12H20O4. The molecule has 0 radical (unpaired) electrons. The molecule has 0 spiro atoms. The van der Waals surface area contributed by atoms with Crippen molar-refractivity contribution in [2.24, 2.45) is 0 Å². The zero-order valence-electron chi connectivity index (χ0n) is 10.0. The van der Waals surface area contributed by atoms with Crippen LogP contribution in [0.2, 0.25) is 0 Å². The number of hydrogen-bond donors (Lipinski definition) is 0. The van der Waals surface area contributed by atoms with Gasteiger partial charge in [-0.25, -0.2) is 0 Å². The van der Waals surface area contributed by atoms with E-state index in [9.17, 15) is 9.59 Å². The fourth-order valence-corrected chi connectivity index (χ4v) is 1.84. The third-order valence-corrected chi connectivity index (χ3v) is 2.78. The Morgan fingerprint density at radius 3 is 1.62 bits per heavy atom. The van der Waals surface area contributed by atoms with Gasteiger partial charge in [0.05, 0.1) is 0 Å². The average molecular weight is 228 g/mol. The molecule has 0 aliphatic heterocycles. The van der Waals surface area contributed by atoms with Crippen LogP contribution in [0.4, 0.5) is 0 Å². The Hall–Kier alpha value is -1.06. The van der Waals surface area contributed by atoms with Crippen LogP contribution in [0, 0.1) is 0 Å². The lowest BCUT2D eigenvalue weighted by molar-refractivity contribution is -0.171. The number of hydrogen-bond acceptors (Lipinski definition) is 4. The first-order valence-corrected chi connectivity index (χ1v) is 6.06. The summed E-state index contributed by atoms with van der Waals surface area (Å²) in [7, 11) is 0. The van der Waals surface area contributed by atoms with Gasteiger partial charge in [-0.2, -0.15) is 0 Å². The third-order valence-electron chi connectivity index (χ3n) is 2.78. The van der Waals surface area contributed by atoms with Crippen molar-refractivity contribution in [1.82, 2.24) is 0 Å². The molecule has 0 aromatic rings. The molecule has 0 saturated heterocycles. The van der Waals surface area contributed by atoms with E-state index in [1.54, 1.807) is 13.8 Å². The van der Waals surface area contributed by atoms with Crippen molar-refractivity contribution in [1.29, 1.82) is 0 Å². The smallest absolute Gasteiger partial charge is 0.305 e. The second-order valence-electron chi connectivity index (χ2n) is 4.05. The van der Waals surface area contributed by atoms with E-state index in [1.165, 1.54) is 0 Å². The predicted molar refractivity (Wildman–Crippen MR) is 58.8 cm³/mol. The summed E-state index contributed by atoms with van der Waals surface area (Å²) in [5.74, 6) is -0.436. The van der Waals surface area contributed by atoms with Crippen molar-refractivity contribution in [2.45, 2.75) is 64.6 Å². The highest BCUT2D eigenvalue weighted by molar-refractivity contribution is 5.70. The number of carbonyl (C=O) groups excluding carboxylic acids is 2. The number of esters is 2. The monoisotopic (exact) mass is 228 g/mol. The molecule has 0 aromatic heterocycles. The summed E-state index contributed by atoms with van der Waals surface area (Å²) in [5.41, 5.74) is 0. The zero-order valence-corrected chi connectivity index (χ0v) is 10.0. The van der Waals surface area contributed by atoms with Gasteiger partial charge in [0.15, 0.2) is 0 Å². The summed E-state index contributed by atoms with van der Waals surface area (Å²) in [6, 6.07) is 0. The van der Waals surface area contributed by atoms with Crippen molar-refractivity contribution in [3.05, 3.63) is 0 Å². The van der Waals surface area contributed by atoms with Crippen molar-refractivity contribution in [3.8, 4) is 0 Å². The molecule has 0 amide bonds. The molecule has 0 bridgehead atoms. The molecule has 4 nitrogen and oxygen atoms in total. The summed E-state index contributed by atoms with van der Waals surface area (Å²) in [5, 5.41) is 0. The van der Waals surface area contributed by atoms with Crippen LogP contribution in [0.25, 0.3) is 0 Å². The van der Waals surface area contributed by atoms with Gasteiger partial charge >= 0.3 is 11.9 Å². The molecule has 92 valence electrons. The van der Waals surface area contributed by atoms with Crippen molar-refractivity contribution in [2.75, 3.05) is 0 Å². The van der Waals surface area contributed by atoms with E-state index in [1.807, 2.05) is 0 Å². The van der Waals surface area contributed by atoms with E-state index >= 15 is 0 Å². The van der Waals surface area contributed by atoms with Crippen LogP contribution < -0.4 is 0 Å². The van der Waals surface area contributed by atoms with Gasteiger partial charge in [0.2, 0.25) is 0 Å². The molecule has 0 unspecified atom stereocenters. The fraction of sp³-hybridized carbons (Fsp3) is 0.833. The van der Waals surface area contributed by atoms with Crippen molar-refractivity contribution in [3.63, 3.8) is 0 Å². The molecule has 4 heteroatoms. The second kappa shape index (κ2) is 6.51. The van der Waals surface area contributed by atoms with E-state index in [0.717, 1.165) is 25.7 Å². The Labute approximate surface area is 96.3 Å². The molecule has 0 aromatic carbocycles. The molecule has 1 fully saturated rings. The van der Waals surface area contributed by atoms with E-state index in [0.29, 0.717) is 12.8 Å². The largest absolute Gasteiger partial charge is 0.458 e. The highest BCUT2D eigenvalue weighted by atomic mass is 16.6. The molecule has 0 N–H and O–H groups in total. The van der Waals surface area contributed by atoms with Crippen molar-refractivity contribution >= 4 is 11.9 Å². The van der Waals surface area contributed by atoms with Crippen LogP contribution >= 0.6 is 0 Å². The molecule has 1 rings (SSSR count).